The molecule has 0 unspecified atom stereocenters. The number of carbonyl (C=O) groups excluding carboxylic acids is 2. The van der Waals surface area contributed by atoms with Crippen molar-refractivity contribution in [2.24, 2.45) is 11.8 Å². The second-order valence-corrected chi connectivity index (χ2v) is 7.17. The molecule has 122 valence electrons. The average molecular weight is 331 g/mol. The Morgan fingerprint density at radius 3 is 2.22 bits per heavy atom. The molecule has 2 aliphatic carbocycles. The molecule has 0 amide bonds. The first-order valence-electron chi connectivity index (χ1n) is 8.71. The van der Waals surface area contributed by atoms with Gasteiger partial charge in [0.05, 0.1) is 5.03 Å². The van der Waals surface area contributed by atoms with E-state index in [1.807, 2.05) is 6.07 Å². The zero-order valence-corrected chi connectivity index (χ0v) is 14.4. The van der Waals surface area contributed by atoms with Gasteiger partial charge in [-0.25, -0.2) is 0 Å². The quantitative estimate of drug-likeness (QED) is 0.724. The predicted molar refractivity (Wildman–Crippen MR) is 93.0 cm³/mol. The van der Waals surface area contributed by atoms with E-state index in [1.165, 1.54) is 19.3 Å². The normalized spacial score (nSPS) is 24.8. The Morgan fingerprint density at radius 2 is 1.61 bits per heavy atom. The van der Waals surface area contributed by atoms with Crippen molar-refractivity contribution < 1.29 is 9.59 Å². The van der Waals surface area contributed by atoms with E-state index < -0.39 is 0 Å². The number of benzene rings is 1. The molecule has 3 heteroatoms. The van der Waals surface area contributed by atoms with E-state index >= 15 is 0 Å². The summed E-state index contributed by atoms with van der Waals surface area (Å²) in [4.78, 5) is 25.3. The van der Waals surface area contributed by atoms with E-state index in [4.69, 9.17) is 11.6 Å². The van der Waals surface area contributed by atoms with Crippen molar-refractivity contribution in [2.45, 2.75) is 51.9 Å². The van der Waals surface area contributed by atoms with Crippen LogP contribution in [0.2, 0.25) is 0 Å². The topological polar surface area (TPSA) is 34.1 Å². The fraction of sp³-hybridized carbons (Fsp3) is 0.500. The Labute approximate surface area is 142 Å². The minimum Gasteiger partial charge on any atom is -0.289 e. The number of carbonyl (C=O) groups is 2. The SMILES string of the molecule is CCCCC1CCC(C2=C(Cl)C(=O)c3ccccc3C2=O)CC1. The van der Waals surface area contributed by atoms with Crippen molar-refractivity contribution in [2.75, 3.05) is 0 Å². The minimum absolute atomic E-state index is 0.0396. The van der Waals surface area contributed by atoms with Crippen molar-refractivity contribution in [3.8, 4) is 0 Å². The predicted octanol–water partition coefficient (Wildman–Crippen LogP) is 5.56. The van der Waals surface area contributed by atoms with Crippen LogP contribution in [0, 0.1) is 11.8 Å². The van der Waals surface area contributed by atoms with Gasteiger partial charge in [-0.3, -0.25) is 9.59 Å². The summed E-state index contributed by atoms with van der Waals surface area (Å²) in [7, 11) is 0. The molecule has 0 aliphatic heterocycles. The highest BCUT2D eigenvalue weighted by Gasteiger charge is 2.36. The molecule has 1 fully saturated rings. The maximum absolute atomic E-state index is 12.8. The van der Waals surface area contributed by atoms with Crippen LogP contribution in [-0.2, 0) is 0 Å². The number of unbranched alkanes of at least 4 members (excludes halogenated alkanes) is 1. The Morgan fingerprint density at radius 1 is 1.00 bits per heavy atom. The van der Waals surface area contributed by atoms with Crippen LogP contribution in [0.3, 0.4) is 0 Å². The first-order chi connectivity index (χ1) is 11.1. The average Bonchev–Trinajstić information content (AvgIpc) is 2.59. The molecule has 0 aromatic heterocycles. The number of allylic oxidation sites excluding steroid dienone is 2. The zero-order valence-electron chi connectivity index (χ0n) is 13.6. The summed E-state index contributed by atoms with van der Waals surface area (Å²) in [5.74, 6) is 0.685. The molecule has 0 radical (unpaired) electrons. The van der Waals surface area contributed by atoms with Gasteiger partial charge in [-0.2, -0.15) is 0 Å². The van der Waals surface area contributed by atoms with E-state index in [0.717, 1.165) is 31.6 Å². The van der Waals surface area contributed by atoms with Gasteiger partial charge in [0, 0.05) is 16.7 Å². The fourth-order valence-corrected chi connectivity index (χ4v) is 4.30. The van der Waals surface area contributed by atoms with Crippen LogP contribution in [0.15, 0.2) is 34.9 Å². The number of fused-ring (bicyclic) bond motifs is 1. The Bertz CT molecular complexity index is 651. The Kier molecular flexibility index (Phi) is 5.01. The molecule has 3 rings (SSSR count). The number of Topliss-reactive ketones (excluding diaryl/α,β-unsaturated/α-hetero) is 2. The van der Waals surface area contributed by atoms with Crippen LogP contribution in [0.5, 0.6) is 0 Å². The molecule has 1 aromatic carbocycles. The van der Waals surface area contributed by atoms with Crippen molar-refractivity contribution >= 4 is 23.2 Å². The van der Waals surface area contributed by atoms with Gasteiger partial charge < -0.3 is 0 Å². The third kappa shape index (κ3) is 3.14. The van der Waals surface area contributed by atoms with Crippen molar-refractivity contribution in [1.82, 2.24) is 0 Å². The molecular formula is C20H23ClO2. The molecule has 23 heavy (non-hydrogen) atoms. The monoisotopic (exact) mass is 330 g/mol. The van der Waals surface area contributed by atoms with Gasteiger partial charge in [-0.15, -0.1) is 0 Å². The molecule has 2 nitrogen and oxygen atoms in total. The van der Waals surface area contributed by atoms with E-state index in [0.29, 0.717) is 16.7 Å². The summed E-state index contributed by atoms with van der Waals surface area (Å²) in [6, 6.07) is 7.02. The van der Waals surface area contributed by atoms with Crippen LogP contribution in [0.25, 0.3) is 0 Å². The maximum atomic E-state index is 12.8. The molecule has 1 saturated carbocycles. The molecule has 0 spiro atoms. The number of ketones is 2. The van der Waals surface area contributed by atoms with Crippen molar-refractivity contribution in [3.63, 3.8) is 0 Å². The lowest BCUT2D eigenvalue weighted by molar-refractivity contribution is 0.0964. The van der Waals surface area contributed by atoms with Gasteiger partial charge in [-0.1, -0.05) is 62.1 Å². The van der Waals surface area contributed by atoms with Gasteiger partial charge in [0.25, 0.3) is 0 Å². The molecule has 0 heterocycles. The molecule has 2 aliphatic rings. The molecule has 0 atom stereocenters. The summed E-state index contributed by atoms with van der Waals surface area (Å²) >= 11 is 6.32. The second kappa shape index (κ2) is 7.00. The second-order valence-electron chi connectivity index (χ2n) is 6.79. The molecule has 0 N–H and O–H groups in total. The maximum Gasteiger partial charge on any atom is 0.205 e. The minimum atomic E-state index is -0.190. The number of hydrogen-bond acceptors (Lipinski definition) is 2. The lowest BCUT2D eigenvalue weighted by Gasteiger charge is -2.31. The van der Waals surface area contributed by atoms with Gasteiger partial charge in [-0.05, 0) is 37.5 Å². The van der Waals surface area contributed by atoms with E-state index in [1.54, 1.807) is 18.2 Å². The Balaban J connectivity index is 1.80. The molecule has 0 bridgehead atoms. The highest BCUT2D eigenvalue weighted by Crippen LogP contribution is 2.41. The third-order valence-corrected chi connectivity index (χ3v) is 5.69. The standard InChI is InChI=1S/C20H23ClO2/c1-2-3-6-13-9-11-14(12-10-13)17-18(21)20(23)16-8-5-4-7-15(16)19(17)22/h4-5,7-8,13-14H,2-3,6,9-12H2,1H3. The van der Waals surface area contributed by atoms with E-state index in [9.17, 15) is 9.59 Å². The van der Waals surface area contributed by atoms with Crippen LogP contribution in [-0.4, -0.2) is 11.6 Å². The summed E-state index contributed by atoms with van der Waals surface area (Å²) in [6.07, 6.45) is 8.03. The third-order valence-electron chi connectivity index (χ3n) is 5.32. The van der Waals surface area contributed by atoms with Crippen LogP contribution >= 0.6 is 11.6 Å². The first-order valence-corrected chi connectivity index (χ1v) is 9.09. The van der Waals surface area contributed by atoms with Gasteiger partial charge in [0.1, 0.15) is 0 Å². The van der Waals surface area contributed by atoms with Crippen LogP contribution < -0.4 is 0 Å². The number of hydrogen-bond donors (Lipinski definition) is 0. The van der Waals surface area contributed by atoms with E-state index in [2.05, 4.69) is 6.92 Å². The molecule has 0 saturated heterocycles. The summed E-state index contributed by atoms with van der Waals surface area (Å²) < 4.78 is 0. The van der Waals surface area contributed by atoms with Crippen molar-refractivity contribution in [3.05, 3.63) is 46.0 Å². The van der Waals surface area contributed by atoms with Crippen LogP contribution in [0.4, 0.5) is 0 Å². The number of halogens is 1. The lowest BCUT2D eigenvalue weighted by Crippen LogP contribution is -2.27. The summed E-state index contributed by atoms with van der Waals surface area (Å²) in [5.41, 5.74) is 1.54. The summed E-state index contributed by atoms with van der Waals surface area (Å²) in [5, 5.41) is 0.158. The molecular weight excluding hydrogens is 308 g/mol. The smallest absolute Gasteiger partial charge is 0.205 e. The highest BCUT2D eigenvalue weighted by atomic mass is 35.5. The summed E-state index contributed by atoms with van der Waals surface area (Å²) in [6.45, 7) is 2.22. The van der Waals surface area contributed by atoms with Gasteiger partial charge >= 0.3 is 0 Å². The first kappa shape index (κ1) is 16.4. The van der Waals surface area contributed by atoms with Gasteiger partial charge in [0.2, 0.25) is 5.78 Å². The van der Waals surface area contributed by atoms with Crippen molar-refractivity contribution in [1.29, 1.82) is 0 Å². The zero-order chi connectivity index (χ0) is 16.4. The highest BCUT2D eigenvalue weighted by molar-refractivity contribution is 6.50. The fourth-order valence-electron chi connectivity index (χ4n) is 3.96. The number of rotatable bonds is 4. The van der Waals surface area contributed by atoms with E-state index in [-0.39, 0.29) is 22.5 Å². The van der Waals surface area contributed by atoms with Crippen LogP contribution in [0.1, 0.15) is 72.6 Å². The Hall–Kier alpha value is -1.41. The largest absolute Gasteiger partial charge is 0.289 e. The lowest BCUT2D eigenvalue weighted by atomic mass is 9.73. The molecule has 1 aromatic rings. The van der Waals surface area contributed by atoms with Gasteiger partial charge in [0.15, 0.2) is 5.78 Å².